The second-order valence-electron chi connectivity index (χ2n) is 5.75. The second kappa shape index (κ2) is 8.55. The van der Waals surface area contributed by atoms with Gasteiger partial charge in [0.15, 0.2) is 0 Å². The molecule has 28 heavy (non-hydrogen) atoms. The Bertz CT molecular complexity index is 948. The van der Waals surface area contributed by atoms with Gasteiger partial charge in [-0.15, -0.1) is 0 Å². The van der Waals surface area contributed by atoms with E-state index in [0.717, 1.165) is 9.80 Å². The molecule has 1 fully saturated rings. The Morgan fingerprint density at radius 3 is 2.39 bits per heavy atom. The first-order chi connectivity index (χ1) is 13.4. The van der Waals surface area contributed by atoms with E-state index in [1.165, 1.54) is 31.0 Å². The number of methoxy groups -OCH3 is 1. The molecule has 146 valence electrons. The smallest absolute Gasteiger partial charge is 0.338 e. The van der Waals surface area contributed by atoms with Crippen molar-refractivity contribution in [1.29, 1.82) is 0 Å². The van der Waals surface area contributed by atoms with Crippen molar-refractivity contribution in [2.75, 3.05) is 16.7 Å². The van der Waals surface area contributed by atoms with Crippen LogP contribution in [0.4, 0.5) is 11.4 Å². The fourth-order valence-electron chi connectivity index (χ4n) is 2.74. The third-order valence-electron chi connectivity index (χ3n) is 3.94. The molecule has 0 radical (unpaired) electrons. The summed E-state index contributed by atoms with van der Waals surface area (Å²) >= 11 is -1.24. The number of benzene rings is 2. The van der Waals surface area contributed by atoms with Crippen molar-refractivity contribution in [3.8, 4) is 0 Å². The zero-order chi connectivity index (χ0) is 20.3. The highest BCUT2D eigenvalue weighted by Gasteiger charge is 2.34. The van der Waals surface area contributed by atoms with E-state index < -0.39 is 29.1 Å². The van der Waals surface area contributed by atoms with Crippen molar-refractivity contribution in [1.82, 2.24) is 0 Å². The van der Waals surface area contributed by atoms with E-state index >= 15 is 0 Å². The van der Waals surface area contributed by atoms with Gasteiger partial charge in [-0.1, -0.05) is 30.0 Å². The molecule has 2 N–H and O–H groups in total. The van der Waals surface area contributed by atoms with Crippen molar-refractivity contribution in [3.63, 3.8) is 0 Å². The van der Waals surface area contributed by atoms with Crippen LogP contribution in [0.2, 0.25) is 0 Å². The first kappa shape index (κ1) is 20.1. The lowest BCUT2D eigenvalue weighted by Crippen LogP contribution is -2.29. The van der Waals surface area contributed by atoms with Gasteiger partial charge in [-0.25, -0.2) is 13.9 Å². The van der Waals surface area contributed by atoms with Gasteiger partial charge in [0.2, 0.25) is 11.8 Å². The van der Waals surface area contributed by atoms with Gasteiger partial charge in [0.05, 0.1) is 28.9 Å². The Hall–Kier alpha value is -2.69. The van der Waals surface area contributed by atoms with Crippen molar-refractivity contribution in [2.45, 2.75) is 22.6 Å². The molecule has 1 saturated heterocycles. The molecule has 0 bridgehead atoms. The Morgan fingerprint density at radius 1 is 1.18 bits per heavy atom. The lowest BCUT2D eigenvalue weighted by atomic mass is 10.1. The summed E-state index contributed by atoms with van der Waals surface area (Å²) in [7, 11) is 1.19. The van der Waals surface area contributed by atoms with Crippen LogP contribution in [0.5, 0.6) is 0 Å². The lowest BCUT2D eigenvalue weighted by molar-refractivity contribution is -0.121. The number of anilines is 2. The summed E-state index contributed by atoms with van der Waals surface area (Å²) < 4.78 is 27.8. The molecule has 3 rings (SSSR count). The maximum atomic E-state index is 12.3. The molecule has 0 spiro atoms. The molecule has 8 nitrogen and oxygen atoms in total. The molecule has 2 amide bonds. The second-order valence-corrected chi connectivity index (χ2v) is 7.54. The highest BCUT2D eigenvalue weighted by molar-refractivity contribution is 7.99. The minimum absolute atomic E-state index is 0.0374. The van der Waals surface area contributed by atoms with Crippen LogP contribution in [-0.2, 0) is 25.6 Å². The molecule has 2 aromatic carbocycles. The molecular weight excluding hydrogens is 404 g/mol. The molecule has 0 saturated carbocycles. The van der Waals surface area contributed by atoms with E-state index in [9.17, 15) is 23.1 Å². The number of amides is 2. The highest BCUT2D eigenvalue weighted by atomic mass is 32.2. The molecule has 2 aromatic rings. The molecule has 1 unspecified atom stereocenters. The first-order valence-electron chi connectivity index (χ1n) is 8.13. The topological polar surface area (TPSA) is 113 Å². The summed E-state index contributed by atoms with van der Waals surface area (Å²) in [5.41, 5.74) is 0.327. The largest absolute Gasteiger partial charge is 0.465 e. The van der Waals surface area contributed by atoms with Gasteiger partial charge >= 0.3 is 5.97 Å². The third-order valence-corrected chi connectivity index (χ3v) is 5.48. The van der Waals surface area contributed by atoms with Crippen LogP contribution in [0, 0.1) is 0 Å². The zero-order valence-corrected chi connectivity index (χ0v) is 16.3. The lowest BCUT2D eigenvalue weighted by Gasteiger charge is -2.21. The van der Waals surface area contributed by atoms with Gasteiger partial charge in [0.25, 0.3) is 11.3 Å². The summed E-state index contributed by atoms with van der Waals surface area (Å²) in [6, 6.07) is 11.8. The van der Waals surface area contributed by atoms with E-state index in [1.807, 2.05) is 30.3 Å². The van der Waals surface area contributed by atoms with Crippen LogP contribution in [0.3, 0.4) is 0 Å². The Morgan fingerprint density at radius 2 is 1.82 bits per heavy atom. The van der Waals surface area contributed by atoms with E-state index in [1.54, 1.807) is 0 Å². The minimum atomic E-state index is -2.44. The van der Waals surface area contributed by atoms with Crippen molar-refractivity contribution in [3.05, 3.63) is 48.0 Å². The van der Waals surface area contributed by atoms with Crippen molar-refractivity contribution >= 4 is 52.2 Å². The minimum Gasteiger partial charge on any atom is -0.465 e. The predicted octanol–water partition coefficient (Wildman–Crippen LogP) is 2.83. The van der Waals surface area contributed by atoms with Crippen LogP contribution in [0.1, 0.15) is 23.2 Å². The van der Waals surface area contributed by atoms with E-state index in [2.05, 4.69) is 4.72 Å². The molecule has 1 aliphatic rings. The van der Waals surface area contributed by atoms with Crippen molar-refractivity contribution in [2.24, 2.45) is 0 Å². The number of carbonyl (C=O) groups excluding carboxylic acids is 3. The van der Waals surface area contributed by atoms with Gasteiger partial charge in [0, 0.05) is 17.7 Å². The predicted molar refractivity (Wildman–Crippen MR) is 104 cm³/mol. The molecule has 0 aromatic heterocycles. The maximum absolute atomic E-state index is 12.3. The van der Waals surface area contributed by atoms with Gasteiger partial charge in [-0.05, 0) is 24.3 Å². The van der Waals surface area contributed by atoms with Gasteiger partial charge < -0.3 is 4.74 Å². The van der Waals surface area contributed by atoms with Crippen LogP contribution in [0.15, 0.2) is 52.3 Å². The number of esters is 1. The standard InChI is InChI=1S/C18H16N2O6S2/c1-26-18(23)11-9-13(19-28(24)25)17(27-12-5-3-2-4-6-12)14(10-11)20-15(21)7-8-16(20)22/h2-6,9-10,19H,7-8H2,1H3,(H,24,25). The number of nitrogens with one attached hydrogen (secondary N) is 1. The fraction of sp³-hybridized carbons (Fsp3) is 0.167. The number of hydrogen-bond donors (Lipinski definition) is 2. The van der Waals surface area contributed by atoms with Gasteiger partial charge in [0.1, 0.15) is 0 Å². The summed E-state index contributed by atoms with van der Waals surface area (Å²) in [4.78, 5) is 38.9. The molecule has 1 aliphatic heterocycles. The number of imide groups is 1. The Labute approximate surface area is 167 Å². The summed E-state index contributed by atoms with van der Waals surface area (Å²) in [5.74, 6) is -1.51. The molecule has 1 heterocycles. The summed E-state index contributed by atoms with van der Waals surface area (Å²) in [6.45, 7) is 0. The van der Waals surface area contributed by atoms with E-state index in [-0.39, 0.29) is 29.8 Å². The number of ether oxygens (including phenoxy) is 1. The monoisotopic (exact) mass is 420 g/mol. The number of hydrogen-bond acceptors (Lipinski definition) is 6. The SMILES string of the molecule is COC(=O)c1cc(NS(=O)O)c(Sc2ccccc2)c(N2C(=O)CCC2=O)c1. The zero-order valence-electron chi connectivity index (χ0n) is 14.7. The number of rotatable bonds is 6. The van der Waals surface area contributed by atoms with Gasteiger partial charge in [-0.3, -0.25) is 18.9 Å². The highest BCUT2D eigenvalue weighted by Crippen LogP contribution is 2.43. The Kier molecular flexibility index (Phi) is 6.12. The number of nitrogens with zero attached hydrogens (tertiary/aromatic N) is 1. The average molecular weight is 420 g/mol. The van der Waals surface area contributed by atoms with Crippen LogP contribution < -0.4 is 9.62 Å². The van der Waals surface area contributed by atoms with Crippen LogP contribution in [-0.4, -0.2) is 33.7 Å². The quantitative estimate of drug-likeness (QED) is 0.420. The average Bonchev–Trinajstić information content (AvgIpc) is 3.01. The molecule has 1 atom stereocenters. The van der Waals surface area contributed by atoms with Crippen LogP contribution >= 0.6 is 11.8 Å². The molecular formula is C18H16N2O6S2. The normalized spacial score (nSPS) is 14.9. The molecule has 10 heteroatoms. The van der Waals surface area contributed by atoms with Gasteiger partial charge in [-0.2, -0.15) is 0 Å². The van der Waals surface area contributed by atoms with Crippen molar-refractivity contribution < 1.29 is 27.9 Å². The first-order valence-corrected chi connectivity index (χ1v) is 10.1. The summed E-state index contributed by atoms with van der Waals surface area (Å²) in [5, 5.41) is 0. The fourth-order valence-corrected chi connectivity index (χ4v) is 4.16. The van der Waals surface area contributed by atoms with E-state index in [4.69, 9.17) is 4.74 Å². The van der Waals surface area contributed by atoms with Crippen LogP contribution in [0.25, 0.3) is 0 Å². The summed E-state index contributed by atoms with van der Waals surface area (Å²) in [6.07, 6.45) is 0.122. The number of carbonyl (C=O) groups is 3. The molecule has 0 aliphatic carbocycles. The van der Waals surface area contributed by atoms with E-state index in [0.29, 0.717) is 4.90 Å². The third kappa shape index (κ3) is 4.24. The maximum Gasteiger partial charge on any atom is 0.338 e. The Balaban J connectivity index is 2.22.